The molecule has 2 atom stereocenters. The van der Waals surface area contributed by atoms with Crippen LogP contribution in [0.1, 0.15) is 63.3 Å². The molecule has 1 aliphatic heterocycles. The monoisotopic (exact) mass is 392 g/mol. The Kier molecular flexibility index (Phi) is 6.41. The number of hydrogen-bond acceptors (Lipinski definition) is 2. The van der Waals surface area contributed by atoms with Crippen molar-refractivity contribution in [3.8, 4) is 0 Å². The molecule has 154 valence electrons. The molecule has 4 heteroatoms. The van der Waals surface area contributed by atoms with Crippen molar-refractivity contribution in [2.24, 2.45) is 0 Å². The summed E-state index contributed by atoms with van der Waals surface area (Å²) in [4.78, 5) is 26.9. The number of rotatable bonds is 6. The molecule has 3 rings (SSSR count). The Morgan fingerprint density at radius 2 is 1.76 bits per heavy atom. The lowest BCUT2D eigenvalue weighted by atomic mass is 9.79. The van der Waals surface area contributed by atoms with Crippen LogP contribution in [0, 0.1) is 0 Å². The summed E-state index contributed by atoms with van der Waals surface area (Å²) in [5, 5.41) is 3.17. The third kappa shape index (κ3) is 5.06. The normalized spacial score (nSPS) is 17.4. The lowest BCUT2D eigenvalue weighted by molar-refractivity contribution is -0.133. The van der Waals surface area contributed by atoms with Gasteiger partial charge >= 0.3 is 0 Å². The summed E-state index contributed by atoms with van der Waals surface area (Å²) in [6.45, 7) is 8.73. The summed E-state index contributed by atoms with van der Waals surface area (Å²) in [6.07, 6.45) is 1.99. The van der Waals surface area contributed by atoms with Gasteiger partial charge in [-0.15, -0.1) is 0 Å². The molecule has 2 amide bonds. The van der Waals surface area contributed by atoms with Crippen molar-refractivity contribution in [1.82, 2.24) is 10.2 Å². The summed E-state index contributed by atoms with van der Waals surface area (Å²) < 4.78 is 0. The Labute approximate surface area is 174 Å². The fourth-order valence-electron chi connectivity index (χ4n) is 4.58. The number of carbonyl (C=O) groups is 2. The number of hydrogen-bond donors (Lipinski definition) is 1. The van der Waals surface area contributed by atoms with Gasteiger partial charge in [-0.1, -0.05) is 68.4 Å². The van der Waals surface area contributed by atoms with E-state index in [1.807, 2.05) is 29.2 Å². The van der Waals surface area contributed by atoms with E-state index < -0.39 is 0 Å². The molecule has 0 aliphatic carbocycles. The highest BCUT2D eigenvalue weighted by Crippen LogP contribution is 2.33. The summed E-state index contributed by atoms with van der Waals surface area (Å²) in [5.74, 6) is 0.0184. The standard InChI is InChI=1S/C25H32N2O2/c1-18(17-25(3,4)21-11-6-5-7-12-21)26-24(29)16-23-22-13-9-8-10-20(22)14-15-27(23)19(2)28/h5-13,18,23H,14-17H2,1-4H3,(H,26,29). The zero-order valence-electron chi connectivity index (χ0n) is 17.9. The Hall–Kier alpha value is -2.62. The highest BCUT2D eigenvalue weighted by Gasteiger charge is 2.31. The van der Waals surface area contributed by atoms with E-state index in [-0.39, 0.29) is 29.3 Å². The smallest absolute Gasteiger partial charge is 0.222 e. The maximum absolute atomic E-state index is 12.9. The molecule has 0 aromatic heterocycles. The summed E-state index contributed by atoms with van der Waals surface area (Å²) in [5.41, 5.74) is 3.57. The molecule has 0 spiro atoms. The van der Waals surface area contributed by atoms with Gasteiger partial charge in [0.15, 0.2) is 0 Å². The lowest BCUT2D eigenvalue weighted by Gasteiger charge is -2.37. The van der Waals surface area contributed by atoms with Gasteiger partial charge in [0.1, 0.15) is 0 Å². The minimum Gasteiger partial charge on any atom is -0.354 e. The van der Waals surface area contributed by atoms with Crippen LogP contribution in [0.2, 0.25) is 0 Å². The Bertz CT molecular complexity index is 860. The minimum atomic E-state index is -0.188. The first-order valence-corrected chi connectivity index (χ1v) is 10.5. The van der Waals surface area contributed by atoms with Crippen molar-refractivity contribution < 1.29 is 9.59 Å². The van der Waals surface area contributed by atoms with Gasteiger partial charge in [0.2, 0.25) is 11.8 Å². The molecule has 1 N–H and O–H groups in total. The minimum absolute atomic E-state index is 0.00526. The summed E-state index contributed by atoms with van der Waals surface area (Å²) >= 11 is 0. The molecule has 0 bridgehead atoms. The molecule has 0 saturated carbocycles. The van der Waals surface area contributed by atoms with Crippen LogP contribution in [0.15, 0.2) is 54.6 Å². The highest BCUT2D eigenvalue weighted by molar-refractivity contribution is 5.79. The Balaban J connectivity index is 1.67. The molecule has 0 fully saturated rings. The number of amides is 2. The SMILES string of the molecule is CC(=O)N1CCc2ccccc2C1CC(=O)NC(C)CC(C)(C)c1ccccc1. The van der Waals surface area contributed by atoms with E-state index in [0.717, 1.165) is 18.4 Å². The third-order valence-electron chi connectivity index (χ3n) is 5.97. The number of nitrogens with one attached hydrogen (secondary N) is 1. The van der Waals surface area contributed by atoms with Crippen LogP contribution in [-0.4, -0.2) is 29.3 Å². The second-order valence-electron chi connectivity index (χ2n) is 8.80. The second-order valence-corrected chi connectivity index (χ2v) is 8.80. The van der Waals surface area contributed by atoms with Crippen LogP contribution >= 0.6 is 0 Å². The van der Waals surface area contributed by atoms with Crippen LogP contribution in [0.5, 0.6) is 0 Å². The Morgan fingerprint density at radius 1 is 1.10 bits per heavy atom. The van der Waals surface area contributed by atoms with E-state index >= 15 is 0 Å². The first-order chi connectivity index (χ1) is 13.8. The zero-order chi connectivity index (χ0) is 21.0. The van der Waals surface area contributed by atoms with Crippen LogP contribution in [-0.2, 0) is 21.4 Å². The highest BCUT2D eigenvalue weighted by atomic mass is 16.2. The molecule has 1 heterocycles. The van der Waals surface area contributed by atoms with Crippen LogP contribution in [0.4, 0.5) is 0 Å². The number of benzene rings is 2. The van der Waals surface area contributed by atoms with Gasteiger partial charge in [0.05, 0.1) is 12.5 Å². The van der Waals surface area contributed by atoms with Crippen LogP contribution < -0.4 is 5.32 Å². The van der Waals surface area contributed by atoms with Gasteiger partial charge in [-0.3, -0.25) is 9.59 Å². The quantitative estimate of drug-likeness (QED) is 0.792. The third-order valence-corrected chi connectivity index (χ3v) is 5.97. The molecular weight excluding hydrogens is 360 g/mol. The predicted octanol–water partition coefficient (Wildman–Crippen LogP) is 4.40. The van der Waals surface area contributed by atoms with Crippen LogP contribution in [0.25, 0.3) is 0 Å². The maximum Gasteiger partial charge on any atom is 0.222 e. The van der Waals surface area contributed by atoms with Gasteiger partial charge in [-0.05, 0) is 41.9 Å². The molecule has 0 radical (unpaired) electrons. The van der Waals surface area contributed by atoms with E-state index in [0.29, 0.717) is 13.0 Å². The van der Waals surface area contributed by atoms with Crippen LogP contribution in [0.3, 0.4) is 0 Å². The van der Waals surface area contributed by atoms with Gasteiger partial charge in [-0.2, -0.15) is 0 Å². The number of nitrogens with zero attached hydrogens (tertiary/aromatic N) is 1. The predicted molar refractivity (Wildman–Crippen MR) is 117 cm³/mol. The van der Waals surface area contributed by atoms with E-state index in [9.17, 15) is 9.59 Å². The lowest BCUT2D eigenvalue weighted by Crippen LogP contribution is -2.43. The topological polar surface area (TPSA) is 49.4 Å². The van der Waals surface area contributed by atoms with Gasteiger partial charge in [0, 0.05) is 19.5 Å². The molecular formula is C25H32N2O2. The van der Waals surface area contributed by atoms with E-state index in [1.165, 1.54) is 11.1 Å². The van der Waals surface area contributed by atoms with Crippen molar-refractivity contribution in [3.63, 3.8) is 0 Å². The average molecular weight is 393 g/mol. The van der Waals surface area contributed by atoms with Gasteiger partial charge in [-0.25, -0.2) is 0 Å². The molecule has 2 unspecified atom stereocenters. The molecule has 4 nitrogen and oxygen atoms in total. The van der Waals surface area contributed by atoms with E-state index in [4.69, 9.17) is 0 Å². The maximum atomic E-state index is 12.9. The van der Waals surface area contributed by atoms with Crippen molar-refractivity contribution in [2.75, 3.05) is 6.54 Å². The number of carbonyl (C=O) groups excluding carboxylic acids is 2. The first kappa shape index (κ1) is 21.1. The molecule has 29 heavy (non-hydrogen) atoms. The van der Waals surface area contributed by atoms with Crippen molar-refractivity contribution in [1.29, 1.82) is 0 Å². The van der Waals surface area contributed by atoms with Crippen molar-refractivity contribution in [3.05, 3.63) is 71.3 Å². The van der Waals surface area contributed by atoms with Crippen molar-refractivity contribution in [2.45, 2.75) is 64.5 Å². The molecule has 2 aromatic carbocycles. The van der Waals surface area contributed by atoms with Gasteiger partial charge < -0.3 is 10.2 Å². The molecule has 0 saturated heterocycles. The fourth-order valence-corrected chi connectivity index (χ4v) is 4.58. The molecule has 2 aromatic rings. The fraction of sp³-hybridized carbons (Fsp3) is 0.440. The summed E-state index contributed by atoms with van der Waals surface area (Å²) in [6, 6.07) is 18.4. The summed E-state index contributed by atoms with van der Waals surface area (Å²) in [7, 11) is 0. The van der Waals surface area contributed by atoms with Crippen molar-refractivity contribution >= 4 is 11.8 Å². The Morgan fingerprint density at radius 3 is 2.45 bits per heavy atom. The molecule has 1 aliphatic rings. The van der Waals surface area contributed by atoms with E-state index in [1.54, 1.807) is 6.92 Å². The largest absolute Gasteiger partial charge is 0.354 e. The number of fused-ring (bicyclic) bond motifs is 1. The average Bonchev–Trinajstić information content (AvgIpc) is 2.68. The zero-order valence-corrected chi connectivity index (χ0v) is 17.9. The second kappa shape index (κ2) is 8.81. The van der Waals surface area contributed by atoms with Gasteiger partial charge in [0.25, 0.3) is 0 Å². The van der Waals surface area contributed by atoms with E-state index in [2.05, 4.69) is 56.4 Å². The first-order valence-electron chi connectivity index (χ1n) is 10.5.